The maximum atomic E-state index is 12.8. The molecular weight excluding hydrogens is 1800 g/mol. The van der Waals surface area contributed by atoms with Gasteiger partial charge in [-0.05, 0) is 254 Å². The number of fused-ring (bicyclic) bond motifs is 4. The molecule has 32 nitrogen and oxygen atoms in total. The van der Waals surface area contributed by atoms with E-state index in [1.165, 1.54) is 12.1 Å². The van der Waals surface area contributed by atoms with Crippen LogP contribution in [0.3, 0.4) is 0 Å². The van der Waals surface area contributed by atoms with Gasteiger partial charge in [0.15, 0.2) is 26.4 Å². The van der Waals surface area contributed by atoms with Crippen molar-refractivity contribution in [1.29, 1.82) is 0 Å². The lowest BCUT2D eigenvalue weighted by Gasteiger charge is -2.38. The van der Waals surface area contributed by atoms with Gasteiger partial charge >= 0.3 is 23.9 Å². The number of halogens is 2. The molecule has 8 aliphatic heterocycles. The number of phenolic OH excluding ortho intramolecular Hbond substituents is 8. The van der Waals surface area contributed by atoms with Gasteiger partial charge in [-0.15, -0.1) is 0 Å². The van der Waals surface area contributed by atoms with Gasteiger partial charge in [0.05, 0.1) is 59.3 Å². The van der Waals surface area contributed by atoms with Gasteiger partial charge in [-0.1, -0.05) is 124 Å². The highest BCUT2D eigenvalue weighted by Crippen LogP contribution is 2.41. The zero-order valence-electron chi connectivity index (χ0n) is 79.3. The molecule has 0 aliphatic carbocycles. The molecule has 12 rings (SSSR count). The van der Waals surface area contributed by atoms with E-state index in [9.17, 15) is 79.2 Å². The van der Waals surface area contributed by atoms with Crippen molar-refractivity contribution in [3.8, 4) is 46.0 Å². The number of aromatic hydroxyl groups is 8. The molecule has 4 saturated heterocycles. The van der Waals surface area contributed by atoms with Crippen molar-refractivity contribution >= 4 is 93.6 Å². The summed E-state index contributed by atoms with van der Waals surface area (Å²) in [6.45, 7) is 15.7. The van der Waals surface area contributed by atoms with Crippen LogP contribution in [0.5, 0.6) is 46.0 Å². The Bertz CT molecular complexity index is 5010. The number of hydrogen-bond acceptors (Lipinski definition) is 28. The molecule has 4 aromatic carbocycles. The second-order valence-electron chi connectivity index (χ2n) is 35.2. The summed E-state index contributed by atoms with van der Waals surface area (Å²) in [7, 11) is 0. The number of cyclic esters (lactones) is 4. The molecule has 34 heteroatoms. The largest absolute Gasteiger partial charge is 0.508 e. The van der Waals surface area contributed by atoms with Crippen LogP contribution in [0, 0.1) is 5.92 Å². The molecule has 7 unspecified atom stereocenters. The first-order chi connectivity index (χ1) is 65.9. The van der Waals surface area contributed by atoms with Crippen LogP contribution >= 0.6 is 23.2 Å². The van der Waals surface area contributed by atoms with Gasteiger partial charge in [-0.2, -0.15) is 0 Å². The van der Waals surface area contributed by atoms with Gasteiger partial charge in [0.2, 0.25) is 0 Å². The number of nitrogens with zero attached hydrogens (tertiary/aromatic N) is 8. The number of likely N-dealkylation sites (tertiary alicyclic amines) is 4. The fourth-order valence-corrected chi connectivity index (χ4v) is 17.8. The Morgan fingerprint density at radius 1 is 0.336 bits per heavy atom. The summed E-state index contributed by atoms with van der Waals surface area (Å²) in [6.07, 6.45) is 50.2. The molecule has 8 N–H and O–H groups in total. The molecule has 7 atom stereocenters. The minimum absolute atomic E-state index is 0.0201. The van der Waals surface area contributed by atoms with Crippen LogP contribution in [-0.4, -0.2) is 233 Å². The summed E-state index contributed by atoms with van der Waals surface area (Å²) in [4.78, 5) is 131. The minimum atomic E-state index is -0.752. The molecule has 0 aromatic heterocycles. The molecule has 0 spiro atoms. The van der Waals surface area contributed by atoms with Crippen LogP contribution in [0.1, 0.15) is 260 Å². The maximum absolute atomic E-state index is 12.8. The summed E-state index contributed by atoms with van der Waals surface area (Å²) in [5.74, 6) is -5.59. The van der Waals surface area contributed by atoms with Crippen molar-refractivity contribution < 1.29 is 118 Å². The van der Waals surface area contributed by atoms with E-state index >= 15 is 0 Å². The van der Waals surface area contributed by atoms with Gasteiger partial charge in [0, 0.05) is 99.3 Å². The summed E-state index contributed by atoms with van der Waals surface area (Å²) in [5, 5.41) is 98.1. The number of allylic oxidation sites excluding steroid dienone is 12. The highest BCUT2D eigenvalue weighted by Gasteiger charge is 2.35. The zero-order chi connectivity index (χ0) is 98.9. The smallest absolute Gasteiger partial charge is 0.342 e. The Kier molecular flexibility index (Phi) is 44.3. The molecule has 0 bridgehead atoms. The first kappa shape index (κ1) is 108. The van der Waals surface area contributed by atoms with E-state index in [4.69, 9.17) is 61.5 Å². The highest BCUT2D eigenvalue weighted by atomic mass is 35.5. The molecule has 137 heavy (non-hydrogen) atoms. The average molecular weight is 1940 g/mol. The Hall–Kier alpha value is -12.6. The molecule has 0 saturated carbocycles. The Labute approximate surface area is 810 Å². The number of ether oxygens (including phenoxy) is 4. The van der Waals surface area contributed by atoms with Gasteiger partial charge in [0.1, 0.15) is 68.2 Å². The number of amides is 4. The number of carbonyl (C=O) groups is 8. The Balaban J connectivity index is 0.000000205. The summed E-state index contributed by atoms with van der Waals surface area (Å²) in [5.41, 5.74) is 2.38. The molecule has 8 heterocycles. The minimum Gasteiger partial charge on any atom is -0.508 e. The lowest BCUT2D eigenvalue weighted by atomic mass is 9.97. The number of carbonyl (C=O) groups excluding carboxylic acids is 8. The van der Waals surface area contributed by atoms with E-state index in [-0.39, 0.29) is 216 Å². The third kappa shape index (κ3) is 34.0. The van der Waals surface area contributed by atoms with Gasteiger partial charge in [-0.3, -0.25) is 19.2 Å². The van der Waals surface area contributed by atoms with E-state index in [0.29, 0.717) is 65.6 Å². The first-order valence-electron chi connectivity index (χ1n) is 47.4. The lowest BCUT2D eigenvalue weighted by Crippen LogP contribution is -2.48. The number of esters is 4. The predicted molar refractivity (Wildman–Crippen MR) is 521 cm³/mol. The summed E-state index contributed by atoms with van der Waals surface area (Å²) >= 11 is 12.6. The predicted octanol–water partition coefficient (Wildman–Crippen LogP) is 17.8. The van der Waals surface area contributed by atoms with E-state index in [1.807, 2.05) is 129 Å². The molecule has 4 fully saturated rings. The first-order valence-corrected chi connectivity index (χ1v) is 48.1. The highest BCUT2D eigenvalue weighted by molar-refractivity contribution is 6.34. The second kappa shape index (κ2) is 56.2. The fraction of sp³-hybridized carbons (Fsp3) is 0.495. The van der Waals surface area contributed by atoms with E-state index < -0.39 is 35.4 Å². The van der Waals surface area contributed by atoms with Crippen LogP contribution in [0.25, 0.3) is 0 Å². The topological polar surface area (TPSA) is 435 Å². The van der Waals surface area contributed by atoms with Gasteiger partial charge in [0.25, 0.3) is 23.6 Å². The lowest BCUT2D eigenvalue weighted by molar-refractivity contribution is -0.143. The molecule has 0 radical (unpaired) electrons. The monoisotopic (exact) mass is 1930 g/mol. The molecule has 742 valence electrons. The van der Waals surface area contributed by atoms with Crippen LogP contribution in [0.4, 0.5) is 0 Å². The van der Waals surface area contributed by atoms with E-state index in [1.54, 1.807) is 29.2 Å². The van der Waals surface area contributed by atoms with E-state index in [2.05, 4.69) is 27.5 Å². The van der Waals surface area contributed by atoms with Crippen molar-refractivity contribution in [2.75, 3.05) is 65.9 Å². The van der Waals surface area contributed by atoms with E-state index in [0.717, 1.165) is 159 Å². The van der Waals surface area contributed by atoms with Crippen LogP contribution in [0.2, 0.25) is 10.0 Å². The standard InChI is InChI=1S/2C26H33ClN2O6.C26H34N2O6.C25H32N2O6/c2*1-17-10-9-11-18(2)29(17)23(32)16-35-28-19-12-7-5-3-4-6-8-13-34-26(33)24-20(14-19)25(27)22(31)15-21(24)30;1-18-10-9-11-19(2)28(18)24(31)17-34-27-21-12-7-5-3-4-6-8-13-33-26(32)25-20(14-21)15-22(29)16-23(25)30;1-18-9-8-11-27(16-18)23(30)17-33-26-20-10-6-4-2-3-5-7-12-32-25(31)24-19(13-20)14-21(28)15-22(24)29/h2*4,6-7,12,15,17-18,30-31H,3,5,8-11,13-14,16H2,1-2H3;4,6-7,12,15-16,18-19,29-30H,3,5,8-11,13-14,17H2,1-2H3;3,5-6,10,14-15,18,28-29H,2,4,7-9,11-13,16-17H2,1H3/b6-4+,12-7+,28-19+;6-4+,12-7+,28-19-;6-4+,12-7+,27-21-;5-3+,10-6+,26-20+. The normalized spacial score (nSPS) is 24.4. The van der Waals surface area contributed by atoms with Crippen LogP contribution in [-0.2, 0) is 83.2 Å². The second-order valence-corrected chi connectivity index (χ2v) is 35.9. The SMILES string of the molecule is CC1CCCC(C)N1C(=O)CO/N=C1/C=C/CC/C=C/CCOC(=O)c2c(O)cc(O)c(Cl)c2C1.CC1CCCC(C)N1C(=O)CO/N=C1/C=C/CC/C=C/CCOC(=O)c2c(O)cc(O)cc2C1.CC1CCCC(C)N1C(=O)CO/N=C1\C=C\CC/C=C/CCOC(=O)c2c(O)cc(O)c(Cl)c2C1.CC1CCCN(C(=O)CO/N=C2\C=C\CC/C=C/CCOC(=O)c3c(O)cc(O)cc3C2)C1. The number of piperidine rings is 4. The quantitative estimate of drug-likeness (QED) is 0.0283. The molecular formula is C103H132Cl2N8O24. The summed E-state index contributed by atoms with van der Waals surface area (Å²) in [6, 6.07) is 7.93. The molecule has 8 aliphatic rings. The number of benzene rings is 4. The van der Waals surface area contributed by atoms with Crippen molar-refractivity contribution in [3.05, 3.63) is 188 Å². The Morgan fingerprint density at radius 3 is 0.912 bits per heavy atom. The van der Waals surface area contributed by atoms with Crippen molar-refractivity contribution in [1.82, 2.24) is 19.6 Å². The number of hydrogen-bond donors (Lipinski definition) is 8. The van der Waals surface area contributed by atoms with Crippen molar-refractivity contribution in [2.24, 2.45) is 26.5 Å². The molecule has 4 aromatic rings. The zero-order valence-corrected chi connectivity index (χ0v) is 80.9. The number of oxime groups is 4. The van der Waals surface area contributed by atoms with Crippen molar-refractivity contribution in [3.63, 3.8) is 0 Å². The maximum Gasteiger partial charge on any atom is 0.342 e. The van der Waals surface area contributed by atoms with Crippen LogP contribution < -0.4 is 0 Å². The fourth-order valence-electron chi connectivity index (χ4n) is 17.4. The van der Waals surface area contributed by atoms with Gasteiger partial charge in [-0.25, -0.2) is 19.2 Å². The summed E-state index contributed by atoms with van der Waals surface area (Å²) < 4.78 is 21.2. The van der Waals surface area contributed by atoms with Crippen molar-refractivity contribution in [2.45, 2.75) is 258 Å². The van der Waals surface area contributed by atoms with Gasteiger partial charge < -0.3 is 98.7 Å². The molecule has 4 amide bonds. The third-order valence-corrected chi connectivity index (χ3v) is 25.0. The van der Waals surface area contributed by atoms with Crippen LogP contribution in [0.15, 0.2) is 154 Å². The Morgan fingerprint density at radius 2 is 0.606 bits per heavy atom. The third-order valence-electron chi connectivity index (χ3n) is 24.2. The number of rotatable bonds is 12. The average Bonchev–Trinajstić information content (AvgIpc) is 0.791. The number of phenols is 8.